The van der Waals surface area contributed by atoms with Crippen LogP contribution in [0, 0.1) is 13.8 Å². The molecule has 10 nitrogen and oxygen atoms in total. The third kappa shape index (κ3) is 4.87. The first-order chi connectivity index (χ1) is 16.3. The lowest BCUT2D eigenvalue weighted by molar-refractivity contribution is 0.803. The van der Waals surface area contributed by atoms with E-state index in [1.165, 1.54) is 0 Å². The third-order valence-corrected chi connectivity index (χ3v) is 7.18. The van der Waals surface area contributed by atoms with Gasteiger partial charge in [0.05, 0.1) is 0 Å². The van der Waals surface area contributed by atoms with Crippen molar-refractivity contribution in [3.63, 3.8) is 0 Å². The molecule has 4 rings (SSSR count). The van der Waals surface area contributed by atoms with Gasteiger partial charge < -0.3 is 22.3 Å². The lowest BCUT2D eigenvalue weighted by atomic mass is 10.3. The smallest absolute Gasteiger partial charge is 0.288 e. The van der Waals surface area contributed by atoms with Crippen LogP contribution in [0.4, 0.5) is 23.0 Å². The summed E-state index contributed by atoms with van der Waals surface area (Å²) in [6.45, 7) is 3.27. The molecule has 0 fully saturated rings. The van der Waals surface area contributed by atoms with Crippen LogP contribution in [0.1, 0.15) is 11.6 Å². The van der Waals surface area contributed by atoms with Crippen molar-refractivity contribution in [3.8, 4) is 0 Å². The lowest BCUT2D eigenvalue weighted by Crippen LogP contribution is -2.32. The summed E-state index contributed by atoms with van der Waals surface area (Å²) >= 11 is 0. The second kappa shape index (κ2) is 9.93. The van der Waals surface area contributed by atoms with Crippen molar-refractivity contribution >= 4 is 44.6 Å². The number of para-hydroxylation sites is 2. The SMILES string of the molecule is Cc1nc(Nc2ccccc2)c(SSc2c(Nc3ccccc3)nc(C)n(N)c2=O)c(=O)n1N. The van der Waals surface area contributed by atoms with E-state index in [2.05, 4.69) is 20.6 Å². The Bertz CT molecular complexity index is 1330. The Balaban J connectivity index is 1.72. The van der Waals surface area contributed by atoms with Gasteiger partial charge in [-0.15, -0.1) is 0 Å². The number of hydrogen-bond donors (Lipinski definition) is 4. The molecule has 0 aliphatic heterocycles. The first kappa shape index (κ1) is 23.3. The van der Waals surface area contributed by atoms with E-state index in [1.807, 2.05) is 60.7 Å². The van der Waals surface area contributed by atoms with Crippen molar-refractivity contribution in [3.05, 3.63) is 93.0 Å². The topological polar surface area (TPSA) is 146 Å². The number of anilines is 4. The molecule has 34 heavy (non-hydrogen) atoms. The third-order valence-electron chi connectivity index (χ3n) is 4.78. The molecule has 0 amide bonds. The molecule has 2 heterocycles. The van der Waals surface area contributed by atoms with Crippen LogP contribution in [0.3, 0.4) is 0 Å². The molecular weight excluding hydrogens is 472 g/mol. The van der Waals surface area contributed by atoms with Gasteiger partial charge in [0.25, 0.3) is 11.1 Å². The van der Waals surface area contributed by atoms with Crippen molar-refractivity contribution in [2.75, 3.05) is 22.3 Å². The van der Waals surface area contributed by atoms with E-state index < -0.39 is 11.1 Å². The van der Waals surface area contributed by atoms with Crippen LogP contribution in [0.15, 0.2) is 80.0 Å². The summed E-state index contributed by atoms with van der Waals surface area (Å²) in [5.41, 5.74) is 0.606. The van der Waals surface area contributed by atoms with Gasteiger partial charge in [0.2, 0.25) is 0 Å². The van der Waals surface area contributed by atoms with E-state index >= 15 is 0 Å². The molecule has 2 aromatic heterocycles. The number of rotatable bonds is 7. The van der Waals surface area contributed by atoms with Crippen LogP contribution in [-0.2, 0) is 0 Å². The van der Waals surface area contributed by atoms with Crippen molar-refractivity contribution < 1.29 is 0 Å². The number of benzene rings is 2. The minimum Gasteiger partial charge on any atom is -0.339 e. The van der Waals surface area contributed by atoms with Crippen LogP contribution in [0.25, 0.3) is 0 Å². The van der Waals surface area contributed by atoms with Gasteiger partial charge in [-0.05, 0) is 59.7 Å². The van der Waals surface area contributed by atoms with Crippen molar-refractivity contribution in [2.45, 2.75) is 23.6 Å². The zero-order valence-corrected chi connectivity index (χ0v) is 20.0. The normalized spacial score (nSPS) is 10.8. The number of aromatic nitrogens is 4. The molecule has 6 N–H and O–H groups in total. The Morgan fingerprint density at radius 1 is 0.676 bits per heavy atom. The summed E-state index contributed by atoms with van der Waals surface area (Å²) in [6.07, 6.45) is 0. The Morgan fingerprint density at radius 3 is 1.38 bits per heavy atom. The highest BCUT2D eigenvalue weighted by molar-refractivity contribution is 8.76. The average molecular weight is 495 g/mol. The zero-order valence-electron chi connectivity index (χ0n) is 18.4. The van der Waals surface area contributed by atoms with Gasteiger partial charge in [-0.1, -0.05) is 36.4 Å². The van der Waals surface area contributed by atoms with Gasteiger partial charge in [-0.3, -0.25) is 9.59 Å². The molecular formula is C22H22N8O2S2. The molecule has 0 aliphatic rings. The molecule has 0 unspecified atom stereocenters. The molecule has 0 saturated heterocycles. The van der Waals surface area contributed by atoms with Gasteiger partial charge in [-0.2, -0.15) is 0 Å². The summed E-state index contributed by atoms with van der Waals surface area (Å²) in [6, 6.07) is 18.6. The number of nitrogens with two attached hydrogens (primary N) is 2. The fraction of sp³-hybridized carbons (Fsp3) is 0.0909. The summed E-state index contributed by atoms with van der Waals surface area (Å²) in [5, 5.41) is 6.31. The van der Waals surface area contributed by atoms with Crippen molar-refractivity contribution in [1.82, 2.24) is 19.3 Å². The second-order valence-electron chi connectivity index (χ2n) is 7.17. The standard InChI is InChI=1S/C22H22N8O2S2/c1-13-25-19(27-15-9-5-3-6-10-15)17(21(31)29(13)23)33-34-18-20(26-14(2)30(24)22(18)32)28-16-11-7-4-8-12-16/h3-12,27-28H,23-24H2,1-2H3. The number of aryl methyl sites for hydroxylation is 2. The molecule has 0 spiro atoms. The number of nitrogens with one attached hydrogen (secondary N) is 2. The molecule has 0 aliphatic carbocycles. The highest BCUT2D eigenvalue weighted by atomic mass is 33.1. The van der Waals surface area contributed by atoms with Gasteiger partial charge in [0, 0.05) is 11.4 Å². The Labute approximate surface area is 202 Å². The maximum absolute atomic E-state index is 13.0. The van der Waals surface area contributed by atoms with E-state index in [0.717, 1.165) is 42.3 Å². The average Bonchev–Trinajstić information content (AvgIpc) is 2.84. The fourth-order valence-corrected chi connectivity index (χ4v) is 5.23. The second-order valence-corrected chi connectivity index (χ2v) is 9.32. The molecule has 0 atom stereocenters. The van der Waals surface area contributed by atoms with Crippen LogP contribution in [0.5, 0.6) is 0 Å². The summed E-state index contributed by atoms with van der Waals surface area (Å²) < 4.78 is 1.94. The van der Waals surface area contributed by atoms with E-state index in [-0.39, 0.29) is 9.79 Å². The van der Waals surface area contributed by atoms with Crippen LogP contribution in [0.2, 0.25) is 0 Å². The first-order valence-electron chi connectivity index (χ1n) is 10.1. The molecule has 0 bridgehead atoms. The predicted octanol–water partition coefficient (Wildman–Crippen LogP) is 3.13. The van der Waals surface area contributed by atoms with Crippen LogP contribution < -0.4 is 33.4 Å². The number of nitrogen functional groups attached to an aromatic ring is 2. The largest absolute Gasteiger partial charge is 0.339 e. The van der Waals surface area contributed by atoms with Gasteiger partial charge in [0.1, 0.15) is 21.4 Å². The quantitative estimate of drug-likeness (QED) is 0.223. The van der Waals surface area contributed by atoms with Gasteiger partial charge >= 0.3 is 0 Å². The molecule has 4 aromatic rings. The van der Waals surface area contributed by atoms with E-state index in [1.54, 1.807) is 13.8 Å². The Morgan fingerprint density at radius 2 is 1.03 bits per heavy atom. The fourth-order valence-electron chi connectivity index (χ4n) is 2.97. The lowest BCUT2D eigenvalue weighted by Gasteiger charge is -2.15. The maximum atomic E-state index is 13.0. The Kier molecular flexibility index (Phi) is 6.80. The maximum Gasteiger partial charge on any atom is 0.288 e. The predicted molar refractivity (Wildman–Crippen MR) is 138 cm³/mol. The summed E-state index contributed by atoms with van der Waals surface area (Å²) in [5.74, 6) is 13.1. The van der Waals surface area contributed by atoms with Crippen LogP contribution in [-0.4, -0.2) is 19.3 Å². The monoisotopic (exact) mass is 494 g/mol. The molecule has 174 valence electrons. The zero-order chi connectivity index (χ0) is 24.2. The first-order valence-corrected chi connectivity index (χ1v) is 12.3. The minimum atomic E-state index is -0.450. The van der Waals surface area contributed by atoms with Gasteiger partial charge in [0.15, 0.2) is 11.6 Å². The molecule has 0 radical (unpaired) electrons. The number of hydrogen-bond acceptors (Lipinski definition) is 10. The van der Waals surface area contributed by atoms with Crippen molar-refractivity contribution in [1.29, 1.82) is 0 Å². The van der Waals surface area contributed by atoms with Crippen LogP contribution >= 0.6 is 21.6 Å². The molecule has 0 saturated carbocycles. The highest BCUT2D eigenvalue weighted by Crippen LogP contribution is 2.40. The van der Waals surface area contributed by atoms with E-state index in [0.29, 0.717) is 23.3 Å². The summed E-state index contributed by atoms with van der Waals surface area (Å²) in [7, 11) is 2.10. The Hall–Kier alpha value is -3.90. The highest BCUT2D eigenvalue weighted by Gasteiger charge is 2.20. The van der Waals surface area contributed by atoms with E-state index in [4.69, 9.17) is 11.7 Å². The van der Waals surface area contributed by atoms with E-state index in [9.17, 15) is 9.59 Å². The van der Waals surface area contributed by atoms with Gasteiger partial charge in [-0.25, -0.2) is 19.3 Å². The number of nitrogens with zero attached hydrogens (tertiary/aromatic N) is 4. The molecule has 12 heteroatoms. The molecule has 2 aromatic carbocycles. The summed E-state index contributed by atoms with van der Waals surface area (Å²) in [4.78, 5) is 35.3. The van der Waals surface area contributed by atoms with Crippen molar-refractivity contribution in [2.24, 2.45) is 0 Å². The minimum absolute atomic E-state index is 0.233.